The fourth-order valence-corrected chi connectivity index (χ4v) is 1.75. The number of allylic oxidation sites excluding steroid dienone is 1. The fraction of sp³-hybridized carbons (Fsp3) is 0.750. The van der Waals surface area contributed by atoms with Crippen LogP contribution in [-0.4, -0.2) is 24.0 Å². The Morgan fingerprint density at radius 1 is 1.60 bits per heavy atom. The number of rotatable bonds is 2. The minimum Gasteiger partial charge on any atom is -0.324 e. The molecule has 1 heterocycles. The van der Waals surface area contributed by atoms with E-state index in [-0.39, 0.29) is 6.03 Å². The predicted octanol–water partition coefficient (Wildman–Crippen LogP) is 2.74. The fourth-order valence-electron chi connectivity index (χ4n) is 1.75. The van der Waals surface area contributed by atoms with Crippen LogP contribution in [0.4, 0.5) is 4.79 Å². The number of urea groups is 1. The van der Waals surface area contributed by atoms with E-state index in [2.05, 4.69) is 19.2 Å². The van der Waals surface area contributed by atoms with Gasteiger partial charge in [0.2, 0.25) is 0 Å². The highest BCUT2D eigenvalue weighted by molar-refractivity contribution is 5.75. The molecule has 3 nitrogen and oxygen atoms in total. The second kappa shape index (κ2) is 5.79. The number of nitrogens with one attached hydrogen (secondary N) is 1. The van der Waals surface area contributed by atoms with E-state index in [4.69, 9.17) is 0 Å². The first-order valence-electron chi connectivity index (χ1n) is 5.84. The van der Waals surface area contributed by atoms with Crippen LogP contribution in [0.3, 0.4) is 0 Å². The van der Waals surface area contributed by atoms with E-state index in [1.807, 2.05) is 18.0 Å². The maximum atomic E-state index is 11.7. The van der Waals surface area contributed by atoms with Gasteiger partial charge in [-0.05, 0) is 32.1 Å². The second-order valence-corrected chi connectivity index (χ2v) is 4.49. The molecule has 0 aliphatic carbocycles. The lowest BCUT2D eigenvalue weighted by Gasteiger charge is -2.30. The lowest BCUT2D eigenvalue weighted by molar-refractivity contribution is 0.173. The summed E-state index contributed by atoms with van der Waals surface area (Å²) >= 11 is 0. The highest BCUT2D eigenvalue weighted by Gasteiger charge is 2.19. The van der Waals surface area contributed by atoms with E-state index in [0.29, 0.717) is 5.92 Å². The van der Waals surface area contributed by atoms with Gasteiger partial charge in [-0.15, -0.1) is 0 Å². The number of amides is 2. The van der Waals surface area contributed by atoms with Crippen LogP contribution in [0.2, 0.25) is 0 Å². The SMILES string of the molecule is CC/C(C)=C/NC(=O)N1CCCC(C)C1. The molecular weight excluding hydrogens is 188 g/mol. The molecule has 0 aromatic rings. The Hall–Kier alpha value is -0.990. The first-order valence-corrected chi connectivity index (χ1v) is 5.84. The number of nitrogens with zero attached hydrogens (tertiary/aromatic N) is 1. The molecule has 0 bridgehead atoms. The van der Waals surface area contributed by atoms with Gasteiger partial charge in [-0.1, -0.05) is 19.4 Å². The van der Waals surface area contributed by atoms with Gasteiger partial charge >= 0.3 is 6.03 Å². The van der Waals surface area contributed by atoms with Gasteiger partial charge in [-0.25, -0.2) is 4.79 Å². The van der Waals surface area contributed by atoms with Gasteiger partial charge in [0.15, 0.2) is 0 Å². The quantitative estimate of drug-likeness (QED) is 0.746. The van der Waals surface area contributed by atoms with Crippen LogP contribution in [0.1, 0.15) is 40.0 Å². The van der Waals surface area contributed by atoms with Crippen molar-refractivity contribution < 1.29 is 4.79 Å². The molecule has 1 unspecified atom stereocenters. The average Bonchev–Trinajstić information content (AvgIpc) is 2.25. The summed E-state index contributed by atoms with van der Waals surface area (Å²) in [6.45, 7) is 8.10. The van der Waals surface area contributed by atoms with Crippen LogP contribution >= 0.6 is 0 Å². The Morgan fingerprint density at radius 3 is 2.93 bits per heavy atom. The largest absolute Gasteiger partial charge is 0.324 e. The third-order valence-corrected chi connectivity index (χ3v) is 2.94. The molecule has 86 valence electrons. The summed E-state index contributed by atoms with van der Waals surface area (Å²) in [5, 5.41) is 2.85. The molecule has 0 saturated carbocycles. The zero-order valence-electron chi connectivity index (χ0n) is 10.0. The van der Waals surface area contributed by atoms with Crippen molar-refractivity contribution in [1.29, 1.82) is 0 Å². The van der Waals surface area contributed by atoms with Gasteiger partial charge in [0.1, 0.15) is 0 Å². The monoisotopic (exact) mass is 210 g/mol. The Morgan fingerprint density at radius 2 is 2.33 bits per heavy atom. The first-order chi connectivity index (χ1) is 7.13. The maximum absolute atomic E-state index is 11.7. The second-order valence-electron chi connectivity index (χ2n) is 4.49. The molecule has 1 N–H and O–H groups in total. The summed E-state index contributed by atoms with van der Waals surface area (Å²) in [4.78, 5) is 13.6. The van der Waals surface area contributed by atoms with Crippen molar-refractivity contribution >= 4 is 6.03 Å². The van der Waals surface area contributed by atoms with Crippen molar-refractivity contribution in [2.75, 3.05) is 13.1 Å². The van der Waals surface area contributed by atoms with Crippen molar-refractivity contribution in [3.05, 3.63) is 11.8 Å². The van der Waals surface area contributed by atoms with Crippen LogP contribution in [0.5, 0.6) is 0 Å². The lowest BCUT2D eigenvalue weighted by Crippen LogP contribution is -2.43. The van der Waals surface area contributed by atoms with Crippen LogP contribution in [0, 0.1) is 5.92 Å². The molecule has 0 aromatic heterocycles. The normalized spacial score (nSPS) is 22.7. The van der Waals surface area contributed by atoms with Crippen molar-refractivity contribution in [3.63, 3.8) is 0 Å². The van der Waals surface area contributed by atoms with E-state index >= 15 is 0 Å². The number of hydrogen-bond acceptors (Lipinski definition) is 1. The summed E-state index contributed by atoms with van der Waals surface area (Å²) in [6, 6.07) is 0.0503. The number of carbonyl (C=O) groups excluding carboxylic acids is 1. The van der Waals surface area contributed by atoms with E-state index in [0.717, 1.165) is 25.9 Å². The van der Waals surface area contributed by atoms with Gasteiger partial charge in [0.25, 0.3) is 0 Å². The van der Waals surface area contributed by atoms with Crippen molar-refractivity contribution in [2.45, 2.75) is 40.0 Å². The van der Waals surface area contributed by atoms with Gasteiger partial charge in [-0.3, -0.25) is 0 Å². The molecule has 2 amide bonds. The molecule has 3 heteroatoms. The zero-order chi connectivity index (χ0) is 11.3. The molecule has 1 aliphatic heterocycles. The summed E-state index contributed by atoms with van der Waals surface area (Å²) < 4.78 is 0. The molecule has 15 heavy (non-hydrogen) atoms. The van der Waals surface area contributed by atoms with Crippen molar-refractivity contribution in [1.82, 2.24) is 10.2 Å². The van der Waals surface area contributed by atoms with Gasteiger partial charge < -0.3 is 10.2 Å². The zero-order valence-corrected chi connectivity index (χ0v) is 10.0. The van der Waals surface area contributed by atoms with E-state index in [1.165, 1.54) is 12.0 Å². The summed E-state index contributed by atoms with van der Waals surface area (Å²) in [6.07, 6.45) is 5.18. The van der Waals surface area contributed by atoms with Crippen LogP contribution in [0.15, 0.2) is 11.8 Å². The first kappa shape index (κ1) is 12.1. The lowest BCUT2D eigenvalue weighted by atomic mass is 10.0. The third-order valence-electron chi connectivity index (χ3n) is 2.94. The van der Waals surface area contributed by atoms with E-state index in [9.17, 15) is 4.79 Å². The number of hydrogen-bond donors (Lipinski definition) is 1. The van der Waals surface area contributed by atoms with Gasteiger partial charge in [-0.2, -0.15) is 0 Å². The Bertz CT molecular complexity index is 248. The van der Waals surface area contributed by atoms with Gasteiger partial charge in [0, 0.05) is 19.3 Å². The molecule has 1 atom stereocenters. The molecule has 0 spiro atoms. The molecule has 0 aromatic carbocycles. The third kappa shape index (κ3) is 3.94. The topological polar surface area (TPSA) is 32.3 Å². The summed E-state index contributed by atoms with van der Waals surface area (Å²) in [7, 11) is 0. The highest BCUT2D eigenvalue weighted by Crippen LogP contribution is 2.15. The van der Waals surface area contributed by atoms with Crippen LogP contribution in [-0.2, 0) is 0 Å². The van der Waals surface area contributed by atoms with Gasteiger partial charge in [0.05, 0.1) is 0 Å². The number of likely N-dealkylation sites (tertiary alicyclic amines) is 1. The molecule has 1 rings (SSSR count). The summed E-state index contributed by atoms with van der Waals surface area (Å²) in [5.41, 5.74) is 1.20. The standard InChI is InChI=1S/C12H22N2O/c1-4-10(2)8-13-12(15)14-7-5-6-11(3)9-14/h8,11H,4-7,9H2,1-3H3,(H,13,15)/b10-8+. The molecular formula is C12H22N2O. The Balaban J connectivity index is 2.39. The number of carbonyl (C=O) groups is 1. The molecule has 0 radical (unpaired) electrons. The maximum Gasteiger partial charge on any atom is 0.321 e. The smallest absolute Gasteiger partial charge is 0.321 e. The predicted molar refractivity (Wildman–Crippen MR) is 62.6 cm³/mol. The van der Waals surface area contributed by atoms with Crippen LogP contribution < -0.4 is 5.32 Å². The van der Waals surface area contributed by atoms with Crippen molar-refractivity contribution in [3.8, 4) is 0 Å². The van der Waals surface area contributed by atoms with E-state index < -0.39 is 0 Å². The average molecular weight is 210 g/mol. The van der Waals surface area contributed by atoms with E-state index in [1.54, 1.807) is 0 Å². The summed E-state index contributed by atoms with van der Waals surface area (Å²) in [5.74, 6) is 0.640. The minimum atomic E-state index is 0.0503. The highest BCUT2D eigenvalue weighted by atomic mass is 16.2. The Labute approximate surface area is 92.5 Å². The van der Waals surface area contributed by atoms with Crippen LogP contribution in [0.25, 0.3) is 0 Å². The molecule has 1 fully saturated rings. The molecule has 1 saturated heterocycles. The number of piperidine rings is 1. The Kier molecular flexibility index (Phi) is 4.66. The van der Waals surface area contributed by atoms with Crippen molar-refractivity contribution in [2.24, 2.45) is 5.92 Å². The minimum absolute atomic E-state index is 0.0503. The molecule has 1 aliphatic rings.